The number of sulfonamides is 1. The fourth-order valence-electron chi connectivity index (χ4n) is 2.19. The average molecular weight is 388 g/mol. The minimum absolute atomic E-state index is 0.236. The van der Waals surface area contributed by atoms with Gasteiger partial charge in [0.2, 0.25) is 10.0 Å². The Kier molecular flexibility index (Phi) is 6.39. The number of hydrogen-bond acceptors (Lipinski definition) is 6. The number of amides is 1. The van der Waals surface area contributed by atoms with Gasteiger partial charge in [-0.2, -0.15) is 0 Å². The molecule has 0 saturated heterocycles. The molecule has 0 aliphatic heterocycles. The molecule has 2 rings (SSSR count). The summed E-state index contributed by atoms with van der Waals surface area (Å²) < 4.78 is 25.1. The van der Waals surface area contributed by atoms with E-state index in [0.717, 1.165) is 10.6 Å². The Morgan fingerprint density at radius 3 is 2.70 bits per heavy atom. The molecule has 0 aliphatic carbocycles. The molecule has 0 saturated carbocycles. The van der Waals surface area contributed by atoms with Crippen LogP contribution >= 0.6 is 0 Å². The molecule has 142 valence electrons. The van der Waals surface area contributed by atoms with Crippen LogP contribution in [-0.2, 0) is 14.9 Å². The molecule has 0 unspecified atom stereocenters. The molecule has 0 atom stereocenters. The summed E-state index contributed by atoms with van der Waals surface area (Å²) in [6.45, 7) is 2.05. The number of hydroxylamine groups is 1. The maximum absolute atomic E-state index is 12.2. The van der Waals surface area contributed by atoms with E-state index in [2.05, 4.69) is 21.7 Å². The Morgan fingerprint density at radius 2 is 2.07 bits per heavy atom. The molecule has 0 spiro atoms. The van der Waals surface area contributed by atoms with Crippen molar-refractivity contribution in [2.45, 2.75) is 6.92 Å². The first-order valence-electron chi connectivity index (χ1n) is 7.95. The summed E-state index contributed by atoms with van der Waals surface area (Å²) in [5.74, 6) is 2.00. The predicted molar refractivity (Wildman–Crippen MR) is 104 cm³/mol. The lowest BCUT2D eigenvalue weighted by Crippen LogP contribution is -2.26. The third kappa shape index (κ3) is 4.97. The van der Waals surface area contributed by atoms with E-state index in [0.29, 0.717) is 29.2 Å². The molecule has 1 amide bonds. The van der Waals surface area contributed by atoms with Crippen LogP contribution < -0.4 is 15.1 Å². The number of aromatic nitrogens is 1. The summed E-state index contributed by atoms with van der Waals surface area (Å²) in [4.78, 5) is 21.1. The van der Waals surface area contributed by atoms with Gasteiger partial charge in [0.1, 0.15) is 0 Å². The van der Waals surface area contributed by atoms with Gasteiger partial charge in [-0.25, -0.2) is 13.9 Å². The average Bonchev–Trinajstić information content (AvgIpc) is 2.65. The number of rotatable bonds is 7. The second kappa shape index (κ2) is 8.53. The molecule has 2 N–H and O–H groups in total. The zero-order chi connectivity index (χ0) is 20.0. The molecule has 0 fully saturated rings. The van der Waals surface area contributed by atoms with E-state index < -0.39 is 15.9 Å². The lowest BCUT2D eigenvalue weighted by atomic mass is 10.1. The number of terminal acetylenes is 1. The van der Waals surface area contributed by atoms with Gasteiger partial charge in [-0.15, -0.1) is 6.42 Å². The number of hydrogen-bond donors (Lipinski definition) is 2. The van der Waals surface area contributed by atoms with E-state index in [1.165, 1.54) is 19.4 Å². The van der Waals surface area contributed by atoms with Crippen molar-refractivity contribution >= 4 is 33.0 Å². The molecule has 9 heteroatoms. The summed E-state index contributed by atoms with van der Waals surface area (Å²) in [5.41, 5.74) is 4.30. The fourth-order valence-corrected chi connectivity index (χ4v) is 2.70. The zero-order valence-electron chi connectivity index (χ0n) is 15.2. The number of carbonyl (C=O) groups excluding carboxylic acids is 1. The predicted octanol–water partition coefficient (Wildman–Crippen LogP) is 1.88. The van der Waals surface area contributed by atoms with Gasteiger partial charge in [0.15, 0.2) is 0 Å². The van der Waals surface area contributed by atoms with Crippen LogP contribution in [0.3, 0.4) is 0 Å². The highest BCUT2D eigenvalue weighted by Gasteiger charge is 2.18. The highest BCUT2D eigenvalue weighted by molar-refractivity contribution is 7.92. The lowest BCUT2D eigenvalue weighted by molar-refractivity contribution is 0.0365. The molecule has 0 aliphatic rings. The molecule has 1 aromatic carbocycles. The number of pyridine rings is 1. The molecular weight excluding hydrogens is 368 g/mol. The summed E-state index contributed by atoms with van der Waals surface area (Å²) in [7, 11) is -2.10. The van der Waals surface area contributed by atoms with Crippen molar-refractivity contribution in [3.63, 3.8) is 0 Å². The first kappa shape index (κ1) is 20.2. The maximum atomic E-state index is 12.2. The second-order valence-corrected chi connectivity index (χ2v) is 7.53. The van der Waals surface area contributed by atoms with Crippen LogP contribution in [0.15, 0.2) is 36.7 Å². The number of anilines is 3. The van der Waals surface area contributed by atoms with Crippen molar-refractivity contribution < 1.29 is 18.0 Å². The van der Waals surface area contributed by atoms with Crippen LogP contribution in [-0.4, -0.2) is 39.2 Å². The Hall–Kier alpha value is -3.09. The van der Waals surface area contributed by atoms with E-state index in [-0.39, 0.29) is 5.56 Å². The highest BCUT2D eigenvalue weighted by atomic mass is 32.2. The summed E-state index contributed by atoms with van der Waals surface area (Å²) in [5, 5.41) is 3.07. The quantitative estimate of drug-likeness (QED) is 0.555. The van der Waals surface area contributed by atoms with Gasteiger partial charge in [0.25, 0.3) is 5.91 Å². The molecule has 1 heterocycles. The number of nitrogens with zero attached hydrogens (tertiary/aromatic N) is 2. The standard InChI is InChI=1S/C18H20N4O4S/c1-5-13-7-8-16(17(11-13)22(3)27(4,24)25)20-15-9-10-19-12-14(15)18(23)21-26-6-2/h1,7-12H,6H2,2-4H3,(H,19,20)(H,21,23). The van der Waals surface area contributed by atoms with E-state index >= 15 is 0 Å². The second-order valence-electron chi connectivity index (χ2n) is 5.52. The van der Waals surface area contributed by atoms with Gasteiger partial charge in [-0.05, 0) is 31.2 Å². The largest absolute Gasteiger partial charge is 0.353 e. The van der Waals surface area contributed by atoms with Crippen molar-refractivity contribution in [3.05, 3.63) is 47.8 Å². The summed E-state index contributed by atoms with van der Waals surface area (Å²) in [6, 6.07) is 6.49. The Balaban J connectivity index is 2.47. The third-order valence-electron chi connectivity index (χ3n) is 3.65. The molecule has 0 bridgehead atoms. The summed E-state index contributed by atoms with van der Waals surface area (Å²) >= 11 is 0. The van der Waals surface area contributed by atoms with E-state index in [9.17, 15) is 13.2 Å². The molecule has 27 heavy (non-hydrogen) atoms. The minimum atomic E-state index is -3.52. The van der Waals surface area contributed by atoms with E-state index in [4.69, 9.17) is 11.3 Å². The van der Waals surface area contributed by atoms with Crippen LogP contribution in [0.2, 0.25) is 0 Å². The van der Waals surface area contributed by atoms with Crippen LogP contribution in [0.5, 0.6) is 0 Å². The third-order valence-corrected chi connectivity index (χ3v) is 4.84. The fraction of sp³-hybridized carbons (Fsp3) is 0.222. The van der Waals surface area contributed by atoms with Gasteiger partial charge in [0, 0.05) is 25.0 Å². The Labute approximate surface area is 158 Å². The van der Waals surface area contributed by atoms with Crippen molar-refractivity contribution in [1.82, 2.24) is 10.5 Å². The zero-order valence-corrected chi connectivity index (χ0v) is 16.0. The molecular formula is C18H20N4O4S. The van der Waals surface area contributed by atoms with Crippen molar-refractivity contribution in [1.29, 1.82) is 0 Å². The van der Waals surface area contributed by atoms with Gasteiger partial charge < -0.3 is 5.32 Å². The Bertz CT molecular complexity index is 983. The number of nitrogens with one attached hydrogen (secondary N) is 2. The summed E-state index contributed by atoms with van der Waals surface area (Å²) in [6.07, 6.45) is 9.41. The van der Waals surface area contributed by atoms with Gasteiger partial charge in [-0.3, -0.25) is 18.9 Å². The highest BCUT2D eigenvalue weighted by Crippen LogP contribution is 2.31. The van der Waals surface area contributed by atoms with Crippen LogP contribution in [0.1, 0.15) is 22.8 Å². The minimum Gasteiger partial charge on any atom is -0.353 e. The smallest absolute Gasteiger partial charge is 0.278 e. The number of carbonyl (C=O) groups is 1. The van der Waals surface area contributed by atoms with Crippen molar-refractivity contribution in [3.8, 4) is 12.3 Å². The van der Waals surface area contributed by atoms with Gasteiger partial charge >= 0.3 is 0 Å². The van der Waals surface area contributed by atoms with Gasteiger partial charge in [0.05, 0.1) is 35.5 Å². The lowest BCUT2D eigenvalue weighted by Gasteiger charge is -2.22. The van der Waals surface area contributed by atoms with Crippen LogP contribution in [0.25, 0.3) is 0 Å². The molecule has 2 aromatic rings. The van der Waals surface area contributed by atoms with E-state index in [1.807, 2.05) is 0 Å². The van der Waals surface area contributed by atoms with E-state index in [1.54, 1.807) is 31.2 Å². The first-order valence-corrected chi connectivity index (χ1v) is 9.80. The van der Waals surface area contributed by atoms with Crippen LogP contribution in [0, 0.1) is 12.3 Å². The monoisotopic (exact) mass is 388 g/mol. The molecule has 8 nitrogen and oxygen atoms in total. The maximum Gasteiger partial charge on any atom is 0.278 e. The van der Waals surface area contributed by atoms with Crippen LogP contribution in [0.4, 0.5) is 17.1 Å². The SMILES string of the molecule is C#Cc1ccc(Nc2ccncc2C(=O)NOCC)c(N(C)S(C)(=O)=O)c1. The molecule has 1 aromatic heterocycles. The first-order chi connectivity index (χ1) is 12.8. The topological polar surface area (TPSA) is 101 Å². The molecule has 0 radical (unpaired) electrons. The van der Waals surface area contributed by atoms with Gasteiger partial charge in [-0.1, -0.05) is 5.92 Å². The Morgan fingerprint density at radius 1 is 1.33 bits per heavy atom. The van der Waals surface area contributed by atoms with Crippen molar-refractivity contribution in [2.24, 2.45) is 0 Å². The van der Waals surface area contributed by atoms with Crippen molar-refractivity contribution in [2.75, 3.05) is 29.5 Å². The normalized spacial score (nSPS) is 10.7. The number of benzene rings is 1.